The molecule has 0 aliphatic carbocycles. The Morgan fingerprint density at radius 2 is 2.25 bits per heavy atom. The lowest BCUT2D eigenvalue weighted by Crippen LogP contribution is -2.05. The lowest BCUT2D eigenvalue weighted by molar-refractivity contribution is 0.197. The van der Waals surface area contributed by atoms with E-state index in [2.05, 4.69) is 11.3 Å². The van der Waals surface area contributed by atoms with Gasteiger partial charge in [-0.1, -0.05) is 12.1 Å². The lowest BCUT2D eigenvalue weighted by Gasteiger charge is -1.92. The highest BCUT2D eigenvalue weighted by atomic mass is 16.4. The highest BCUT2D eigenvalue weighted by molar-refractivity contribution is 5.85. The van der Waals surface area contributed by atoms with E-state index in [1.807, 2.05) is 0 Å². The SMILES string of the molecule is O=C(O)n1[c]nc2ccccc21. The molecule has 0 saturated carbocycles. The molecule has 1 radical (unpaired) electrons. The molecule has 2 aromatic rings. The highest BCUT2D eigenvalue weighted by Crippen LogP contribution is 2.10. The van der Waals surface area contributed by atoms with Crippen molar-refractivity contribution in [1.82, 2.24) is 9.55 Å². The molecule has 0 atom stereocenters. The molecule has 1 heterocycles. The van der Waals surface area contributed by atoms with Crippen LogP contribution in [0.2, 0.25) is 0 Å². The molecule has 0 fully saturated rings. The van der Waals surface area contributed by atoms with E-state index in [4.69, 9.17) is 5.11 Å². The summed E-state index contributed by atoms with van der Waals surface area (Å²) >= 11 is 0. The molecule has 1 aromatic heterocycles. The van der Waals surface area contributed by atoms with Gasteiger partial charge in [0.05, 0.1) is 11.0 Å². The summed E-state index contributed by atoms with van der Waals surface area (Å²) in [6.45, 7) is 0. The van der Waals surface area contributed by atoms with Crippen LogP contribution in [0.5, 0.6) is 0 Å². The van der Waals surface area contributed by atoms with Crippen molar-refractivity contribution in [3.8, 4) is 0 Å². The van der Waals surface area contributed by atoms with Gasteiger partial charge in [-0.3, -0.25) is 0 Å². The molecule has 0 aliphatic rings. The molecule has 1 N–H and O–H groups in total. The van der Waals surface area contributed by atoms with E-state index in [9.17, 15) is 4.79 Å². The first-order valence-electron chi connectivity index (χ1n) is 3.37. The number of imidazole rings is 1. The van der Waals surface area contributed by atoms with Crippen molar-refractivity contribution >= 4 is 17.1 Å². The van der Waals surface area contributed by atoms with Crippen molar-refractivity contribution < 1.29 is 9.90 Å². The summed E-state index contributed by atoms with van der Waals surface area (Å²) in [7, 11) is 0. The van der Waals surface area contributed by atoms with Gasteiger partial charge in [0.1, 0.15) is 0 Å². The van der Waals surface area contributed by atoms with Crippen molar-refractivity contribution in [3.05, 3.63) is 30.6 Å². The number of aromatic nitrogens is 2. The minimum absolute atomic E-state index is 0.560. The first-order valence-corrected chi connectivity index (χ1v) is 3.37. The first kappa shape index (κ1) is 6.84. The zero-order valence-electron chi connectivity index (χ0n) is 6.06. The average Bonchev–Trinajstić information content (AvgIpc) is 2.47. The maximum atomic E-state index is 10.6. The monoisotopic (exact) mass is 161 g/mol. The van der Waals surface area contributed by atoms with Crippen LogP contribution in [0.1, 0.15) is 0 Å². The summed E-state index contributed by atoms with van der Waals surface area (Å²) in [6, 6.07) is 6.99. The molecule has 2 rings (SSSR count). The Bertz CT molecular complexity index is 433. The van der Waals surface area contributed by atoms with Gasteiger partial charge in [0.25, 0.3) is 0 Å². The van der Waals surface area contributed by atoms with Crippen molar-refractivity contribution in [3.63, 3.8) is 0 Å². The number of rotatable bonds is 0. The summed E-state index contributed by atoms with van der Waals surface area (Å²) in [5.41, 5.74) is 1.20. The molecule has 0 spiro atoms. The number of hydrogen-bond donors (Lipinski definition) is 1. The second kappa shape index (κ2) is 2.34. The predicted octanol–water partition coefficient (Wildman–Crippen LogP) is 1.36. The van der Waals surface area contributed by atoms with E-state index in [0.717, 1.165) is 4.57 Å². The van der Waals surface area contributed by atoms with Crippen LogP contribution in [0, 0.1) is 6.33 Å². The minimum Gasteiger partial charge on any atom is -0.464 e. The molecule has 0 aliphatic heterocycles. The average molecular weight is 161 g/mol. The molecule has 59 valence electrons. The number of carboxylic acid groups (broad SMARTS) is 1. The lowest BCUT2D eigenvalue weighted by atomic mass is 10.3. The third-order valence-corrected chi connectivity index (χ3v) is 1.58. The van der Waals surface area contributed by atoms with Gasteiger partial charge in [0.2, 0.25) is 0 Å². The summed E-state index contributed by atoms with van der Waals surface area (Å²) in [5, 5.41) is 8.66. The van der Waals surface area contributed by atoms with E-state index in [0.29, 0.717) is 11.0 Å². The molecule has 4 heteroatoms. The zero-order chi connectivity index (χ0) is 8.55. The molecule has 0 bridgehead atoms. The standard InChI is InChI=1S/C8H5N2O2/c11-8(12)10-5-9-6-3-1-2-4-7(6)10/h1-4H,(H,11,12). The van der Waals surface area contributed by atoms with Gasteiger partial charge in [-0.05, 0) is 12.1 Å². The van der Waals surface area contributed by atoms with Crippen LogP contribution in [0.25, 0.3) is 11.0 Å². The Hall–Kier alpha value is -1.84. The number of hydrogen-bond acceptors (Lipinski definition) is 2. The maximum absolute atomic E-state index is 10.6. The largest absolute Gasteiger partial charge is 0.464 e. The Balaban J connectivity index is 2.79. The van der Waals surface area contributed by atoms with Crippen LogP contribution < -0.4 is 0 Å². The Labute approximate surface area is 68.1 Å². The molecule has 0 amide bonds. The highest BCUT2D eigenvalue weighted by Gasteiger charge is 2.06. The summed E-state index contributed by atoms with van der Waals surface area (Å²) < 4.78 is 0.968. The van der Waals surface area contributed by atoms with E-state index in [-0.39, 0.29) is 0 Å². The van der Waals surface area contributed by atoms with E-state index >= 15 is 0 Å². The second-order valence-electron chi connectivity index (χ2n) is 2.32. The van der Waals surface area contributed by atoms with Crippen LogP contribution in [-0.4, -0.2) is 20.8 Å². The molecule has 1 aromatic carbocycles. The quantitative estimate of drug-likeness (QED) is 0.634. The fourth-order valence-electron chi connectivity index (χ4n) is 1.05. The van der Waals surface area contributed by atoms with Gasteiger partial charge in [0.15, 0.2) is 6.33 Å². The van der Waals surface area contributed by atoms with Gasteiger partial charge in [-0.25, -0.2) is 14.3 Å². The van der Waals surface area contributed by atoms with E-state index < -0.39 is 6.09 Å². The van der Waals surface area contributed by atoms with Gasteiger partial charge in [-0.2, -0.15) is 0 Å². The molecule has 0 saturated heterocycles. The fourth-order valence-corrected chi connectivity index (χ4v) is 1.05. The van der Waals surface area contributed by atoms with Gasteiger partial charge < -0.3 is 5.11 Å². The Morgan fingerprint density at radius 3 is 3.00 bits per heavy atom. The van der Waals surface area contributed by atoms with Crippen molar-refractivity contribution in [2.24, 2.45) is 0 Å². The fraction of sp³-hybridized carbons (Fsp3) is 0. The van der Waals surface area contributed by atoms with E-state index in [1.54, 1.807) is 24.3 Å². The third-order valence-electron chi connectivity index (χ3n) is 1.58. The van der Waals surface area contributed by atoms with Crippen LogP contribution in [-0.2, 0) is 0 Å². The van der Waals surface area contributed by atoms with Crippen molar-refractivity contribution in [2.45, 2.75) is 0 Å². The van der Waals surface area contributed by atoms with Gasteiger partial charge in [0, 0.05) is 0 Å². The molecular weight excluding hydrogens is 156 g/mol. The number of carbonyl (C=O) groups is 1. The van der Waals surface area contributed by atoms with Crippen LogP contribution in [0.15, 0.2) is 24.3 Å². The predicted molar refractivity (Wildman–Crippen MR) is 42.0 cm³/mol. The van der Waals surface area contributed by atoms with Crippen LogP contribution in [0.3, 0.4) is 0 Å². The minimum atomic E-state index is -1.07. The third kappa shape index (κ3) is 0.852. The first-order chi connectivity index (χ1) is 5.79. The number of benzene rings is 1. The summed E-state index contributed by atoms with van der Waals surface area (Å²) in [6.07, 6.45) is 1.31. The molecule has 0 unspecified atom stereocenters. The van der Waals surface area contributed by atoms with Crippen molar-refractivity contribution in [2.75, 3.05) is 0 Å². The number of fused-ring (bicyclic) bond motifs is 1. The summed E-state index contributed by atoms with van der Waals surface area (Å²) in [5.74, 6) is 0. The van der Waals surface area contributed by atoms with Crippen LogP contribution >= 0.6 is 0 Å². The summed E-state index contributed by atoms with van der Waals surface area (Å²) in [4.78, 5) is 14.4. The number of nitrogens with zero attached hydrogens (tertiary/aromatic N) is 2. The smallest absolute Gasteiger partial charge is 0.417 e. The molecule has 12 heavy (non-hydrogen) atoms. The normalized spacial score (nSPS) is 10.3. The van der Waals surface area contributed by atoms with Crippen molar-refractivity contribution in [1.29, 1.82) is 0 Å². The Kier molecular flexibility index (Phi) is 1.33. The number of para-hydroxylation sites is 2. The topological polar surface area (TPSA) is 55.1 Å². The van der Waals surface area contributed by atoms with E-state index in [1.165, 1.54) is 0 Å². The van der Waals surface area contributed by atoms with Gasteiger partial charge >= 0.3 is 6.09 Å². The van der Waals surface area contributed by atoms with Crippen LogP contribution in [0.4, 0.5) is 4.79 Å². The molecule has 4 nitrogen and oxygen atoms in total. The van der Waals surface area contributed by atoms with Gasteiger partial charge in [-0.15, -0.1) is 0 Å². The Morgan fingerprint density at radius 1 is 1.50 bits per heavy atom. The second-order valence-corrected chi connectivity index (χ2v) is 2.32. The maximum Gasteiger partial charge on any atom is 0.417 e. The molecular formula is C8H5N2O2. The zero-order valence-corrected chi connectivity index (χ0v) is 6.06.